The highest BCUT2D eigenvalue weighted by molar-refractivity contribution is 6.02. The van der Waals surface area contributed by atoms with Gasteiger partial charge in [-0.15, -0.1) is 0 Å². The van der Waals surface area contributed by atoms with E-state index in [0.29, 0.717) is 30.8 Å². The molecule has 1 heterocycles. The number of furan rings is 1. The summed E-state index contributed by atoms with van der Waals surface area (Å²) >= 11 is 0. The molecule has 2 aromatic rings. The zero-order valence-electron chi connectivity index (χ0n) is 19.9. The first-order valence-corrected chi connectivity index (χ1v) is 12.1. The van der Waals surface area contributed by atoms with Crippen molar-refractivity contribution in [3.05, 3.63) is 47.9 Å². The van der Waals surface area contributed by atoms with E-state index in [4.69, 9.17) is 4.42 Å². The Bertz CT molecular complexity index is 818. The van der Waals surface area contributed by atoms with E-state index >= 15 is 0 Å². The minimum Gasteiger partial charge on any atom is -0.467 e. The summed E-state index contributed by atoms with van der Waals surface area (Å²) in [6.45, 7) is 8.35. The van der Waals surface area contributed by atoms with Crippen LogP contribution in [0.25, 0.3) is 0 Å². The van der Waals surface area contributed by atoms with Gasteiger partial charge in [-0.05, 0) is 49.6 Å². The summed E-state index contributed by atoms with van der Waals surface area (Å²) in [4.78, 5) is 27.6. The fourth-order valence-corrected chi connectivity index (χ4v) is 3.57. The number of carbonyl (C=O) groups excluding carboxylic acids is 2. The average molecular weight is 442 g/mol. The molecule has 1 aromatic heterocycles. The summed E-state index contributed by atoms with van der Waals surface area (Å²) in [7, 11) is 0. The van der Waals surface area contributed by atoms with Crippen molar-refractivity contribution in [1.82, 2.24) is 5.32 Å². The summed E-state index contributed by atoms with van der Waals surface area (Å²) in [5, 5.41) is 5.96. The Morgan fingerprint density at radius 1 is 0.969 bits per heavy atom. The quantitative estimate of drug-likeness (QED) is 0.326. The lowest BCUT2D eigenvalue weighted by molar-refractivity contribution is -0.116. The van der Waals surface area contributed by atoms with Crippen LogP contribution in [-0.2, 0) is 11.3 Å². The highest BCUT2D eigenvalue weighted by atomic mass is 16.3. The molecule has 0 saturated carbocycles. The molecule has 1 aromatic carbocycles. The minimum absolute atomic E-state index is 0.00723. The third-order valence-electron chi connectivity index (χ3n) is 5.37. The van der Waals surface area contributed by atoms with Crippen LogP contribution >= 0.6 is 0 Å². The summed E-state index contributed by atoms with van der Waals surface area (Å²) in [6, 6.07) is 9.44. The smallest absolute Gasteiger partial charge is 0.253 e. The van der Waals surface area contributed by atoms with Crippen LogP contribution in [0, 0.1) is 0 Å². The van der Waals surface area contributed by atoms with Gasteiger partial charge in [-0.1, -0.05) is 46.5 Å². The van der Waals surface area contributed by atoms with Crippen LogP contribution in [0.5, 0.6) is 0 Å². The zero-order valence-corrected chi connectivity index (χ0v) is 19.9. The highest BCUT2D eigenvalue weighted by Gasteiger charge is 2.19. The minimum atomic E-state index is -0.123. The van der Waals surface area contributed by atoms with Crippen LogP contribution < -0.4 is 15.5 Å². The van der Waals surface area contributed by atoms with Crippen molar-refractivity contribution in [1.29, 1.82) is 0 Å². The first-order valence-electron chi connectivity index (χ1n) is 12.1. The lowest BCUT2D eigenvalue weighted by atomic mass is 10.1. The lowest BCUT2D eigenvalue weighted by Crippen LogP contribution is -2.30. The van der Waals surface area contributed by atoms with E-state index in [1.54, 1.807) is 12.3 Å². The molecular formula is C26H39N3O3. The van der Waals surface area contributed by atoms with Crippen LogP contribution in [0.4, 0.5) is 11.4 Å². The van der Waals surface area contributed by atoms with Gasteiger partial charge in [0.2, 0.25) is 5.91 Å². The van der Waals surface area contributed by atoms with Crippen molar-refractivity contribution in [3.63, 3.8) is 0 Å². The molecule has 6 heteroatoms. The van der Waals surface area contributed by atoms with E-state index in [9.17, 15) is 9.59 Å². The molecule has 0 aliphatic rings. The number of hydrogen-bond donors (Lipinski definition) is 2. The van der Waals surface area contributed by atoms with Gasteiger partial charge in [-0.25, -0.2) is 0 Å². The fourth-order valence-electron chi connectivity index (χ4n) is 3.57. The van der Waals surface area contributed by atoms with Gasteiger partial charge in [-0.3, -0.25) is 9.59 Å². The number of amides is 2. The van der Waals surface area contributed by atoms with Gasteiger partial charge in [0.1, 0.15) is 5.76 Å². The summed E-state index contributed by atoms with van der Waals surface area (Å²) in [5.41, 5.74) is 2.08. The van der Waals surface area contributed by atoms with E-state index in [-0.39, 0.29) is 11.8 Å². The van der Waals surface area contributed by atoms with E-state index in [0.717, 1.165) is 62.9 Å². The van der Waals surface area contributed by atoms with Gasteiger partial charge < -0.3 is 20.0 Å². The number of anilines is 2. The molecule has 176 valence electrons. The predicted molar refractivity (Wildman–Crippen MR) is 131 cm³/mol. The van der Waals surface area contributed by atoms with Crippen molar-refractivity contribution in [2.24, 2.45) is 0 Å². The largest absolute Gasteiger partial charge is 0.467 e. The number of benzene rings is 1. The number of unbranched alkanes of at least 4 members (excludes halogenated alkanes) is 4. The van der Waals surface area contributed by atoms with Crippen molar-refractivity contribution in [2.45, 2.75) is 78.7 Å². The Morgan fingerprint density at radius 2 is 1.78 bits per heavy atom. The Kier molecular flexibility index (Phi) is 11.4. The molecule has 2 rings (SSSR count). The molecule has 32 heavy (non-hydrogen) atoms. The van der Waals surface area contributed by atoms with Crippen molar-refractivity contribution in [2.75, 3.05) is 23.3 Å². The van der Waals surface area contributed by atoms with E-state index in [2.05, 4.69) is 29.4 Å². The fraction of sp³-hybridized carbons (Fsp3) is 0.538. The van der Waals surface area contributed by atoms with Gasteiger partial charge >= 0.3 is 0 Å². The van der Waals surface area contributed by atoms with Crippen LogP contribution in [0.3, 0.4) is 0 Å². The Balaban J connectivity index is 2.24. The first kappa shape index (κ1) is 25.5. The molecule has 2 amide bonds. The number of carbonyl (C=O) groups is 2. The van der Waals surface area contributed by atoms with Crippen LogP contribution in [0.2, 0.25) is 0 Å². The average Bonchev–Trinajstić information content (AvgIpc) is 3.31. The standard InChI is InChI=1S/C26H39N3O3/c1-4-7-9-10-13-25(30)28-21-14-15-24(23(19-21)26(31)27-16-6-3)29(17-8-5-2)20-22-12-11-18-32-22/h11-12,14-15,18-19H,4-10,13,16-17,20H2,1-3H3,(H,27,31)(H,28,30). The maximum Gasteiger partial charge on any atom is 0.253 e. The molecular weight excluding hydrogens is 402 g/mol. The molecule has 0 radical (unpaired) electrons. The van der Waals surface area contributed by atoms with E-state index in [1.807, 2.05) is 31.2 Å². The van der Waals surface area contributed by atoms with Crippen LogP contribution in [0.15, 0.2) is 41.0 Å². The second-order valence-electron chi connectivity index (χ2n) is 8.20. The molecule has 0 unspecified atom stereocenters. The Hall–Kier alpha value is -2.76. The number of nitrogens with one attached hydrogen (secondary N) is 2. The first-order chi connectivity index (χ1) is 15.6. The van der Waals surface area contributed by atoms with Gasteiger partial charge in [0.25, 0.3) is 5.91 Å². The molecule has 6 nitrogen and oxygen atoms in total. The van der Waals surface area contributed by atoms with Gasteiger partial charge in [-0.2, -0.15) is 0 Å². The lowest BCUT2D eigenvalue weighted by Gasteiger charge is -2.26. The van der Waals surface area contributed by atoms with Crippen molar-refractivity contribution in [3.8, 4) is 0 Å². The summed E-state index contributed by atoms with van der Waals surface area (Å²) < 4.78 is 5.56. The molecule has 0 bridgehead atoms. The molecule has 0 saturated heterocycles. The highest BCUT2D eigenvalue weighted by Crippen LogP contribution is 2.27. The monoisotopic (exact) mass is 441 g/mol. The second-order valence-corrected chi connectivity index (χ2v) is 8.20. The Labute approximate surface area is 192 Å². The zero-order chi connectivity index (χ0) is 23.2. The SMILES string of the molecule is CCCCCCC(=O)Nc1ccc(N(CCCC)Cc2ccco2)c(C(=O)NCCC)c1. The van der Waals surface area contributed by atoms with Crippen molar-refractivity contribution < 1.29 is 14.0 Å². The van der Waals surface area contributed by atoms with Gasteiger partial charge in [0, 0.05) is 25.2 Å². The number of nitrogens with zero attached hydrogens (tertiary/aromatic N) is 1. The summed E-state index contributed by atoms with van der Waals surface area (Å²) in [6.07, 6.45) is 9.33. The molecule has 2 N–H and O–H groups in total. The third-order valence-corrected chi connectivity index (χ3v) is 5.37. The maximum absolute atomic E-state index is 13.0. The Morgan fingerprint density at radius 3 is 2.47 bits per heavy atom. The van der Waals surface area contributed by atoms with Crippen LogP contribution in [-0.4, -0.2) is 24.9 Å². The molecule has 0 spiro atoms. The summed E-state index contributed by atoms with van der Waals surface area (Å²) in [5.74, 6) is 0.722. The maximum atomic E-state index is 13.0. The van der Waals surface area contributed by atoms with Gasteiger partial charge in [0.15, 0.2) is 0 Å². The third kappa shape index (κ3) is 8.40. The van der Waals surface area contributed by atoms with Gasteiger partial charge in [0.05, 0.1) is 24.1 Å². The second kappa shape index (κ2) is 14.3. The molecule has 0 fully saturated rings. The topological polar surface area (TPSA) is 74.6 Å². The van der Waals surface area contributed by atoms with Crippen LogP contribution in [0.1, 0.15) is 88.3 Å². The normalized spacial score (nSPS) is 10.7. The van der Waals surface area contributed by atoms with E-state index < -0.39 is 0 Å². The molecule has 0 aliphatic heterocycles. The van der Waals surface area contributed by atoms with E-state index in [1.165, 1.54) is 0 Å². The molecule has 0 atom stereocenters. The molecule has 0 aliphatic carbocycles. The van der Waals surface area contributed by atoms with Crippen molar-refractivity contribution >= 4 is 23.2 Å². The predicted octanol–water partition coefficient (Wildman–Crippen LogP) is 6.14. The number of hydrogen-bond acceptors (Lipinski definition) is 4. The number of rotatable bonds is 15.